The van der Waals surface area contributed by atoms with Crippen molar-refractivity contribution in [2.75, 3.05) is 0 Å². The van der Waals surface area contributed by atoms with Gasteiger partial charge in [0.05, 0.1) is 28.5 Å². The van der Waals surface area contributed by atoms with E-state index < -0.39 is 22.2 Å². The van der Waals surface area contributed by atoms with Crippen LogP contribution < -0.4 is 0 Å². The second kappa shape index (κ2) is 26.2. The molecular weight excluding hydrogens is 1280 g/mol. The molecule has 0 saturated heterocycles. The molecule has 494 valence electrons. The van der Waals surface area contributed by atoms with Gasteiger partial charge in [0.25, 0.3) is 0 Å². The van der Waals surface area contributed by atoms with E-state index in [0.717, 1.165) is 147 Å². The van der Waals surface area contributed by atoms with E-state index in [1.807, 2.05) is 130 Å². The zero-order chi connectivity index (χ0) is 70.2. The number of benzene rings is 6. The van der Waals surface area contributed by atoms with E-state index in [1.165, 1.54) is 0 Å². The summed E-state index contributed by atoms with van der Waals surface area (Å²) in [6, 6.07) is 67.8. The number of aliphatic imine (C=N–C) groups is 3. The summed E-state index contributed by atoms with van der Waals surface area (Å²) in [5.74, 6) is 0. The van der Waals surface area contributed by atoms with Crippen LogP contribution in [0.4, 0.5) is 25.9 Å². The Morgan fingerprint density at radius 1 is 0.275 bits per heavy atom. The number of nitrogens with zero attached hydrogens (tertiary/aromatic N) is 7. The van der Waals surface area contributed by atoms with Crippen LogP contribution in [0.25, 0.3) is 118 Å². The van der Waals surface area contributed by atoms with Gasteiger partial charge < -0.3 is 23.4 Å². The SMILES string of the molecule is CC1=N/C(=C(\c2ccc(-c3ccc(-c4c5nc(c(-c6ccc(-c7ccc(/C(=C8/C=CC(C)=N8)c8ccc(C)n8B(F)F)cc7)cc6)c6ccc([nH]6)c(-c6ccc(-c7ccc(/C(=C8/C=CC(C)=N8)c8ccc(C)n8B(F)F)cc7)cc6)c6ccc4[nH]6)C=C5)cc3)cc2)c2ccc(C)n2B(F)F)C=C1. The van der Waals surface area contributed by atoms with Crippen LogP contribution in [-0.4, -0.2) is 67.7 Å². The van der Waals surface area contributed by atoms with E-state index in [2.05, 4.69) is 119 Å². The van der Waals surface area contributed by atoms with Crippen molar-refractivity contribution >= 4 is 90.3 Å². The van der Waals surface area contributed by atoms with Gasteiger partial charge >= 0.3 is 22.2 Å². The normalized spacial score (nSPS) is 15.0. The maximum absolute atomic E-state index is 14.6. The molecule has 2 N–H and O–H groups in total. The average molecular weight is 1340 g/mol. The number of H-pyrrole nitrogens is 2. The molecule has 0 fully saturated rings. The molecule has 0 unspecified atom stereocenters. The van der Waals surface area contributed by atoms with Crippen LogP contribution in [0.15, 0.2) is 275 Å². The van der Waals surface area contributed by atoms with E-state index in [4.69, 9.17) is 20.0 Å². The lowest BCUT2D eigenvalue weighted by Crippen LogP contribution is -2.17. The highest BCUT2D eigenvalue weighted by Crippen LogP contribution is 2.42. The Hall–Kier alpha value is -12.2. The molecule has 0 radical (unpaired) electrons. The highest BCUT2D eigenvalue weighted by atomic mass is 19.2. The van der Waals surface area contributed by atoms with Crippen LogP contribution in [0.5, 0.6) is 0 Å². The van der Waals surface area contributed by atoms with Crippen molar-refractivity contribution in [2.24, 2.45) is 15.0 Å². The van der Waals surface area contributed by atoms with E-state index in [9.17, 15) is 25.9 Å². The minimum absolute atomic E-state index is 0.392. The van der Waals surface area contributed by atoms with Crippen LogP contribution in [0.1, 0.15) is 83.0 Å². The Morgan fingerprint density at radius 2 is 0.520 bits per heavy atom. The lowest BCUT2D eigenvalue weighted by Gasteiger charge is -2.15. The molecule has 9 nitrogen and oxygen atoms in total. The third-order valence-corrected chi connectivity index (χ3v) is 19.5. The second-order valence-corrected chi connectivity index (χ2v) is 25.9. The summed E-state index contributed by atoms with van der Waals surface area (Å²) >= 11 is 0. The van der Waals surface area contributed by atoms with Gasteiger partial charge in [-0.15, -0.1) is 0 Å². The van der Waals surface area contributed by atoms with Crippen LogP contribution in [-0.2, 0) is 0 Å². The van der Waals surface area contributed by atoms with E-state index in [0.29, 0.717) is 68.0 Å². The predicted octanol–water partition coefficient (Wildman–Crippen LogP) is 21.7. The molecule has 18 heteroatoms. The highest BCUT2D eigenvalue weighted by Gasteiger charge is 2.30. The molecule has 0 spiro atoms. The molecule has 4 aliphatic rings. The van der Waals surface area contributed by atoms with Gasteiger partial charge in [-0.3, -0.25) is 40.9 Å². The number of aryl methyl sites for hydroxylation is 3. The summed E-state index contributed by atoms with van der Waals surface area (Å²) < 4.78 is 90.8. The van der Waals surface area contributed by atoms with E-state index in [-0.39, 0.29) is 0 Å². The molecule has 4 aliphatic heterocycles. The summed E-state index contributed by atoms with van der Waals surface area (Å²) in [6.07, 6.45) is 15.4. The average Bonchev–Trinajstić information content (AvgIpc) is 1.63. The molecule has 16 rings (SSSR count). The Bertz CT molecular complexity index is 5550. The van der Waals surface area contributed by atoms with Crippen LogP contribution in [0.2, 0.25) is 0 Å². The fourth-order valence-corrected chi connectivity index (χ4v) is 14.5. The molecule has 0 aliphatic carbocycles. The number of aromatic nitrogens is 6. The van der Waals surface area contributed by atoms with E-state index >= 15 is 0 Å². The summed E-state index contributed by atoms with van der Waals surface area (Å²) in [6.45, 7) is 10.7. The predicted molar refractivity (Wildman–Crippen MR) is 410 cm³/mol. The zero-order valence-electron chi connectivity index (χ0n) is 56.4. The molecule has 0 amide bonds. The van der Waals surface area contributed by atoms with Gasteiger partial charge in [0.15, 0.2) is 0 Å². The number of allylic oxidation sites excluding steroid dienone is 6. The standard InChI is InChI=1S/C84H62B3F6N9/c1-49-7-37-73(94-49)82(76-46-10-52(4)100(76)85(88)89)64-31-19-58(20-32-64)55-13-25-61(26-14-55)79-67-40-42-69(97-67)80(62-27-15-56(16-28-62)59-21-33-65(34-22-59)83(74-38-8-50(2)95-74)77-47-11-53(5)101(77)86(90)91)71-44-45-72(99-71)81(70-43-41-68(79)98-70)63-29-17-57(18-30-63)60-23-35-66(36-24-60)84(75-39-9-51(3)96-75)78-48-12-54(6)102(78)87(92)93/h7-48,97-98H,1-6H3/b79-67?,79-68?,80-69?,80-71?,81-70?,81-72?,82-73+,83-74+,84-75+. The minimum Gasteiger partial charge on any atom is -0.354 e. The first kappa shape index (κ1) is 64.5. The second-order valence-electron chi connectivity index (χ2n) is 25.9. The fourth-order valence-electron chi connectivity index (χ4n) is 14.5. The maximum atomic E-state index is 14.6. The largest absolute Gasteiger partial charge is 0.677 e. The number of hydrogen-bond acceptors (Lipinski definition) is 4. The Morgan fingerprint density at radius 3 is 0.775 bits per heavy atom. The van der Waals surface area contributed by atoms with Crippen molar-refractivity contribution in [3.05, 3.63) is 322 Å². The lowest BCUT2D eigenvalue weighted by atomic mass is 9.95. The third-order valence-electron chi connectivity index (χ3n) is 19.5. The zero-order valence-corrected chi connectivity index (χ0v) is 56.4. The summed E-state index contributed by atoms with van der Waals surface area (Å²) in [5, 5.41) is 0. The first-order valence-electron chi connectivity index (χ1n) is 33.6. The topological polar surface area (TPSA) is 96.3 Å². The number of fused-ring (bicyclic) bond motifs is 6. The van der Waals surface area contributed by atoms with Crippen molar-refractivity contribution in [3.63, 3.8) is 0 Å². The molecule has 6 bridgehead atoms. The highest BCUT2D eigenvalue weighted by molar-refractivity contribution is 6.42. The molecule has 102 heavy (non-hydrogen) atoms. The summed E-state index contributed by atoms with van der Waals surface area (Å²) in [5.41, 5.74) is 27.0. The fraction of sp³-hybridized carbons (Fsp3) is 0.0714. The Kier molecular flexibility index (Phi) is 16.5. The van der Waals surface area contributed by atoms with Crippen LogP contribution in [0, 0.1) is 20.8 Å². The number of hydrogen-bond donors (Lipinski definition) is 2. The maximum Gasteiger partial charge on any atom is 0.677 e. The van der Waals surface area contributed by atoms with Gasteiger partial charge in [-0.1, -0.05) is 146 Å². The monoisotopic (exact) mass is 1340 g/mol. The molecule has 12 aromatic rings. The van der Waals surface area contributed by atoms with Gasteiger partial charge in [-0.2, -0.15) is 0 Å². The minimum atomic E-state index is -2.73. The molecule has 6 aromatic heterocycles. The lowest BCUT2D eigenvalue weighted by molar-refractivity contribution is 0.623. The quantitative estimate of drug-likeness (QED) is 0.0776. The first-order chi connectivity index (χ1) is 49.5. The number of nitrogens with one attached hydrogen (secondary N) is 2. The van der Waals surface area contributed by atoms with Gasteiger partial charge in [0, 0.05) is 107 Å². The van der Waals surface area contributed by atoms with Crippen molar-refractivity contribution in [1.29, 1.82) is 0 Å². The van der Waals surface area contributed by atoms with Gasteiger partial charge in [0.1, 0.15) is 0 Å². The molecular formula is C84H62B3F6N9. The first-order valence-corrected chi connectivity index (χ1v) is 33.6. The molecule has 6 aromatic carbocycles. The number of rotatable bonds is 15. The Balaban J connectivity index is 0.787. The van der Waals surface area contributed by atoms with Gasteiger partial charge in [-0.05, 0) is 218 Å². The molecule has 0 saturated carbocycles. The van der Waals surface area contributed by atoms with Gasteiger partial charge in [0.2, 0.25) is 0 Å². The van der Waals surface area contributed by atoms with E-state index in [1.54, 1.807) is 57.2 Å². The van der Waals surface area contributed by atoms with Gasteiger partial charge in [-0.25, -0.2) is 4.98 Å². The molecule has 0 atom stereocenters. The molecule has 10 heterocycles. The number of halogens is 6. The summed E-state index contributed by atoms with van der Waals surface area (Å²) in [4.78, 5) is 27.4. The Labute approximate surface area is 586 Å². The van der Waals surface area contributed by atoms with Crippen LogP contribution in [0.3, 0.4) is 0 Å². The van der Waals surface area contributed by atoms with Crippen molar-refractivity contribution in [2.45, 2.75) is 41.5 Å². The summed E-state index contributed by atoms with van der Waals surface area (Å²) in [7, 11) is -8.19. The third kappa shape index (κ3) is 11.8. The van der Waals surface area contributed by atoms with Crippen LogP contribution >= 0.6 is 0 Å². The number of aromatic amines is 2. The van der Waals surface area contributed by atoms with Crippen molar-refractivity contribution in [1.82, 2.24) is 28.4 Å². The van der Waals surface area contributed by atoms with Crippen molar-refractivity contribution in [3.8, 4) is 66.8 Å². The van der Waals surface area contributed by atoms with Crippen molar-refractivity contribution < 1.29 is 25.9 Å². The smallest absolute Gasteiger partial charge is 0.354 e.